The van der Waals surface area contributed by atoms with Gasteiger partial charge in [0.1, 0.15) is 0 Å². The van der Waals surface area contributed by atoms with Crippen LogP contribution >= 0.6 is 0 Å². The second-order valence-electron chi connectivity index (χ2n) is 4.71. The molecule has 0 bridgehead atoms. The Balaban J connectivity index is 2.39. The lowest BCUT2D eigenvalue weighted by molar-refractivity contribution is -0.126. The standard InChI is InChI=1S/C11H23N3O2/c1-8(5-14(3)4)13-11(15)9-6-16-7-10(9)12-2/h8-10,12H,5-7H2,1-4H3,(H,13,15). The van der Waals surface area contributed by atoms with Gasteiger partial charge in [-0.05, 0) is 28.1 Å². The molecule has 1 rings (SSSR count). The second-order valence-corrected chi connectivity index (χ2v) is 4.71. The molecule has 5 nitrogen and oxygen atoms in total. The summed E-state index contributed by atoms with van der Waals surface area (Å²) in [6.45, 7) is 4.01. The Morgan fingerprint density at radius 2 is 2.19 bits per heavy atom. The minimum Gasteiger partial charge on any atom is -0.379 e. The van der Waals surface area contributed by atoms with Gasteiger partial charge in [0, 0.05) is 18.6 Å². The molecule has 1 heterocycles. The number of rotatable bonds is 5. The highest BCUT2D eigenvalue weighted by Gasteiger charge is 2.33. The summed E-state index contributed by atoms with van der Waals surface area (Å²) in [7, 11) is 5.86. The van der Waals surface area contributed by atoms with E-state index < -0.39 is 0 Å². The third kappa shape index (κ3) is 3.73. The van der Waals surface area contributed by atoms with E-state index in [1.807, 2.05) is 28.1 Å². The number of carbonyl (C=O) groups excluding carboxylic acids is 1. The maximum atomic E-state index is 12.0. The predicted octanol–water partition coefficient (Wildman–Crippen LogP) is -0.713. The van der Waals surface area contributed by atoms with Crippen molar-refractivity contribution in [3.05, 3.63) is 0 Å². The Morgan fingerprint density at radius 3 is 2.75 bits per heavy atom. The summed E-state index contributed by atoms with van der Waals surface area (Å²) in [4.78, 5) is 14.0. The van der Waals surface area contributed by atoms with Crippen LogP contribution in [-0.2, 0) is 9.53 Å². The lowest BCUT2D eigenvalue weighted by atomic mass is 10.0. The number of likely N-dealkylation sites (N-methyl/N-ethyl adjacent to an activating group) is 2. The molecule has 1 amide bonds. The van der Waals surface area contributed by atoms with E-state index in [-0.39, 0.29) is 23.9 Å². The molecule has 3 atom stereocenters. The molecule has 1 aliphatic rings. The average molecular weight is 229 g/mol. The van der Waals surface area contributed by atoms with Crippen LogP contribution in [0, 0.1) is 5.92 Å². The summed E-state index contributed by atoms with van der Waals surface area (Å²) < 4.78 is 5.31. The zero-order valence-corrected chi connectivity index (χ0v) is 10.6. The van der Waals surface area contributed by atoms with E-state index in [2.05, 4.69) is 15.5 Å². The lowest BCUT2D eigenvalue weighted by Crippen LogP contribution is -2.47. The van der Waals surface area contributed by atoms with E-state index in [0.717, 1.165) is 6.54 Å². The Bertz CT molecular complexity index is 233. The smallest absolute Gasteiger partial charge is 0.227 e. The van der Waals surface area contributed by atoms with Gasteiger partial charge in [-0.15, -0.1) is 0 Å². The molecule has 5 heteroatoms. The quantitative estimate of drug-likeness (QED) is 0.654. The van der Waals surface area contributed by atoms with Gasteiger partial charge in [-0.2, -0.15) is 0 Å². The fourth-order valence-electron chi connectivity index (χ4n) is 2.04. The molecule has 1 fully saturated rings. The van der Waals surface area contributed by atoms with Crippen molar-refractivity contribution in [3.8, 4) is 0 Å². The first-order chi connectivity index (χ1) is 7.54. The normalized spacial score (nSPS) is 27.1. The monoisotopic (exact) mass is 229 g/mol. The molecule has 0 spiro atoms. The average Bonchev–Trinajstić information content (AvgIpc) is 2.63. The van der Waals surface area contributed by atoms with Crippen LogP contribution < -0.4 is 10.6 Å². The first-order valence-electron chi connectivity index (χ1n) is 5.74. The number of nitrogens with zero attached hydrogens (tertiary/aromatic N) is 1. The van der Waals surface area contributed by atoms with Crippen molar-refractivity contribution in [2.24, 2.45) is 5.92 Å². The van der Waals surface area contributed by atoms with Gasteiger partial charge in [0.15, 0.2) is 0 Å². The number of hydrogen-bond donors (Lipinski definition) is 2. The Kier molecular flexibility index (Phi) is 5.18. The first kappa shape index (κ1) is 13.4. The van der Waals surface area contributed by atoms with Gasteiger partial charge >= 0.3 is 0 Å². The molecule has 16 heavy (non-hydrogen) atoms. The highest BCUT2D eigenvalue weighted by molar-refractivity contribution is 5.80. The van der Waals surface area contributed by atoms with Gasteiger partial charge in [0.2, 0.25) is 5.91 Å². The summed E-state index contributed by atoms with van der Waals surface area (Å²) >= 11 is 0. The van der Waals surface area contributed by atoms with Gasteiger partial charge in [-0.1, -0.05) is 0 Å². The molecule has 0 saturated carbocycles. The van der Waals surface area contributed by atoms with Gasteiger partial charge in [-0.25, -0.2) is 0 Å². The van der Waals surface area contributed by atoms with Crippen LogP contribution in [0.3, 0.4) is 0 Å². The van der Waals surface area contributed by atoms with Crippen LogP contribution in [0.2, 0.25) is 0 Å². The maximum absolute atomic E-state index is 12.0. The Hall–Kier alpha value is -0.650. The van der Waals surface area contributed by atoms with Gasteiger partial charge in [-0.3, -0.25) is 4.79 Å². The van der Waals surface area contributed by atoms with Crippen molar-refractivity contribution in [2.75, 3.05) is 40.9 Å². The van der Waals surface area contributed by atoms with Crippen molar-refractivity contribution in [1.29, 1.82) is 0 Å². The molecular formula is C11H23N3O2. The minimum absolute atomic E-state index is 0.0605. The fourth-order valence-corrected chi connectivity index (χ4v) is 2.04. The topological polar surface area (TPSA) is 53.6 Å². The van der Waals surface area contributed by atoms with Crippen molar-refractivity contribution >= 4 is 5.91 Å². The molecule has 1 aliphatic heterocycles. The Labute approximate surface area is 97.5 Å². The second kappa shape index (κ2) is 6.18. The van der Waals surface area contributed by atoms with Crippen LogP contribution in [0.5, 0.6) is 0 Å². The summed E-state index contributed by atoms with van der Waals surface area (Å²) in [6, 6.07) is 0.312. The van der Waals surface area contributed by atoms with Gasteiger partial charge < -0.3 is 20.3 Å². The van der Waals surface area contributed by atoms with E-state index in [9.17, 15) is 4.79 Å². The number of amides is 1. The predicted molar refractivity (Wildman–Crippen MR) is 63.3 cm³/mol. The molecule has 0 radical (unpaired) electrons. The van der Waals surface area contributed by atoms with E-state index in [1.165, 1.54) is 0 Å². The van der Waals surface area contributed by atoms with Crippen LogP contribution in [-0.4, -0.2) is 63.8 Å². The summed E-state index contributed by atoms with van der Waals surface area (Å²) in [6.07, 6.45) is 0. The fraction of sp³-hybridized carbons (Fsp3) is 0.909. The molecule has 1 saturated heterocycles. The number of ether oxygens (including phenoxy) is 1. The lowest BCUT2D eigenvalue weighted by Gasteiger charge is -2.22. The molecule has 0 aromatic rings. The number of hydrogen-bond acceptors (Lipinski definition) is 4. The first-order valence-corrected chi connectivity index (χ1v) is 5.74. The molecule has 0 aromatic heterocycles. The highest BCUT2D eigenvalue weighted by atomic mass is 16.5. The van der Waals surface area contributed by atoms with Crippen LogP contribution in [0.4, 0.5) is 0 Å². The molecule has 3 unspecified atom stereocenters. The van der Waals surface area contributed by atoms with Gasteiger partial charge in [0.05, 0.1) is 19.1 Å². The van der Waals surface area contributed by atoms with E-state index >= 15 is 0 Å². The molecule has 0 aliphatic carbocycles. The summed E-state index contributed by atoms with van der Waals surface area (Å²) in [5, 5.41) is 6.13. The van der Waals surface area contributed by atoms with Crippen molar-refractivity contribution in [1.82, 2.24) is 15.5 Å². The van der Waals surface area contributed by atoms with Crippen molar-refractivity contribution in [3.63, 3.8) is 0 Å². The molecule has 0 aromatic carbocycles. The number of nitrogens with one attached hydrogen (secondary N) is 2. The van der Waals surface area contributed by atoms with E-state index in [1.54, 1.807) is 0 Å². The summed E-state index contributed by atoms with van der Waals surface area (Å²) in [5.74, 6) is 0.0285. The van der Waals surface area contributed by atoms with Crippen LogP contribution in [0.25, 0.3) is 0 Å². The van der Waals surface area contributed by atoms with Crippen molar-refractivity contribution < 1.29 is 9.53 Å². The summed E-state index contributed by atoms with van der Waals surface area (Å²) in [5.41, 5.74) is 0. The maximum Gasteiger partial charge on any atom is 0.227 e. The van der Waals surface area contributed by atoms with Gasteiger partial charge in [0.25, 0.3) is 0 Å². The zero-order chi connectivity index (χ0) is 12.1. The highest BCUT2D eigenvalue weighted by Crippen LogP contribution is 2.13. The molecule has 94 valence electrons. The molecule has 2 N–H and O–H groups in total. The molecular weight excluding hydrogens is 206 g/mol. The van der Waals surface area contributed by atoms with Crippen LogP contribution in [0.15, 0.2) is 0 Å². The largest absolute Gasteiger partial charge is 0.379 e. The number of carbonyl (C=O) groups is 1. The Morgan fingerprint density at radius 1 is 1.50 bits per heavy atom. The third-order valence-electron chi connectivity index (χ3n) is 2.82. The van der Waals surface area contributed by atoms with Crippen LogP contribution in [0.1, 0.15) is 6.92 Å². The van der Waals surface area contributed by atoms with E-state index in [0.29, 0.717) is 13.2 Å². The van der Waals surface area contributed by atoms with Crippen molar-refractivity contribution in [2.45, 2.75) is 19.0 Å². The SMILES string of the molecule is CNC1COCC1C(=O)NC(C)CN(C)C. The van der Waals surface area contributed by atoms with E-state index in [4.69, 9.17) is 4.74 Å². The minimum atomic E-state index is -0.0605. The zero-order valence-electron chi connectivity index (χ0n) is 10.6. The third-order valence-corrected chi connectivity index (χ3v) is 2.82.